The Morgan fingerprint density at radius 2 is 2.08 bits per heavy atom. The number of hydroxylamine groups is 2. The van der Waals surface area contributed by atoms with Gasteiger partial charge in [0.1, 0.15) is 5.69 Å². The average molecular weight is 323 g/mol. The molecule has 1 aromatic carbocycles. The number of hydrogen-bond acceptors (Lipinski definition) is 4. The van der Waals surface area contributed by atoms with Crippen LogP contribution in [0.25, 0.3) is 5.57 Å². The molecule has 0 radical (unpaired) electrons. The molecule has 0 atom stereocenters. The van der Waals surface area contributed by atoms with Crippen LogP contribution >= 0.6 is 0 Å². The van der Waals surface area contributed by atoms with Crippen molar-refractivity contribution in [1.29, 1.82) is 0 Å². The van der Waals surface area contributed by atoms with Crippen LogP contribution in [0.2, 0.25) is 0 Å². The summed E-state index contributed by atoms with van der Waals surface area (Å²) < 4.78 is 0. The number of carbonyl (C=O) groups is 1. The molecule has 1 aromatic heterocycles. The molecule has 0 saturated heterocycles. The van der Waals surface area contributed by atoms with Gasteiger partial charge in [0.05, 0.1) is 6.54 Å². The Balaban J connectivity index is 1.74. The molecular formula is C19H21N3O2. The van der Waals surface area contributed by atoms with Crippen LogP contribution in [0.15, 0.2) is 54.7 Å². The summed E-state index contributed by atoms with van der Waals surface area (Å²) in [7, 11) is 2.09. The summed E-state index contributed by atoms with van der Waals surface area (Å²) >= 11 is 0. The van der Waals surface area contributed by atoms with Crippen molar-refractivity contribution in [3.05, 3.63) is 71.6 Å². The summed E-state index contributed by atoms with van der Waals surface area (Å²) in [6.45, 7) is 2.04. The lowest BCUT2D eigenvalue weighted by Crippen LogP contribution is -2.28. The minimum absolute atomic E-state index is 0.138. The first-order valence-corrected chi connectivity index (χ1v) is 8.02. The Bertz CT molecular complexity index is 743. The van der Waals surface area contributed by atoms with Crippen molar-refractivity contribution in [2.75, 3.05) is 20.1 Å². The first-order chi connectivity index (χ1) is 11.6. The molecule has 0 saturated carbocycles. The van der Waals surface area contributed by atoms with Crippen LogP contribution < -0.4 is 0 Å². The fourth-order valence-electron chi connectivity index (χ4n) is 2.74. The Hall–Kier alpha value is -2.50. The predicted octanol–water partition coefficient (Wildman–Crippen LogP) is 2.83. The summed E-state index contributed by atoms with van der Waals surface area (Å²) in [5, 5.41) is 10.8. The third-order valence-electron chi connectivity index (χ3n) is 4.17. The van der Waals surface area contributed by atoms with Crippen LogP contribution in [0.4, 0.5) is 0 Å². The van der Waals surface area contributed by atoms with Crippen molar-refractivity contribution >= 4 is 11.5 Å². The molecule has 0 fully saturated rings. The minimum Gasteiger partial charge on any atom is -0.302 e. The summed E-state index contributed by atoms with van der Waals surface area (Å²) in [4.78, 5) is 18.8. The summed E-state index contributed by atoms with van der Waals surface area (Å²) in [5.41, 5.74) is 3.33. The van der Waals surface area contributed by atoms with Gasteiger partial charge in [0.2, 0.25) is 0 Å². The van der Waals surface area contributed by atoms with Gasteiger partial charge in [-0.15, -0.1) is 0 Å². The number of benzene rings is 1. The van der Waals surface area contributed by atoms with E-state index < -0.39 is 5.91 Å². The van der Waals surface area contributed by atoms with Gasteiger partial charge < -0.3 is 4.90 Å². The zero-order valence-corrected chi connectivity index (χ0v) is 13.7. The zero-order valence-electron chi connectivity index (χ0n) is 13.7. The number of rotatable bonds is 4. The molecule has 1 amide bonds. The maximum Gasteiger partial charge on any atom is 0.296 e. The van der Waals surface area contributed by atoms with Gasteiger partial charge >= 0.3 is 0 Å². The first-order valence-electron chi connectivity index (χ1n) is 8.02. The van der Waals surface area contributed by atoms with Crippen molar-refractivity contribution < 1.29 is 10.0 Å². The third kappa shape index (κ3) is 3.88. The molecule has 5 heteroatoms. The molecule has 1 aliphatic heterocycles. The fraction of sp³-hybridized carbons (Fsp3) is 0.263. The Labute approximate surface area is 141 Å². The highest BCUT2D eigenvalue weighted by Gasteiger charge is 2.17. The molecule has 2 heterocycles. The summed E-state index contributed by atoms with van der Waals surface area (Å²) in [5.74, 6) is -0.491. The van der Waals surface area contributed by atoms with Gasteiger partial charge in [0, 0.05) is 19.3 Å². The number of likely N-dealkylation sites (N-methyl/N-ethyl adjacent to an activating group) is 1. The molecule has 24 heavy (non-hydrogen) atoms. The van der Waals surface area contributed by atoms with Crippen LogP contribution in [0.3, 0.4) is 0 Å². The normalized spacial score (nSPS) is 15.0. The molecule has 1 aliphatic rings. The highest BCUT2D eigenvalue weighted by atomic mass is 16.5. The number of hydrogen-bond donors (Lipinski definition) is 1. The van der Waals surface area contributed by atoms with E-state index in [1.807, 2.05) is 36.4 Å². The van der Waals surface area contributed by atoms with Crippen molar-refractivity contribution in [3.63, 3.8) is 0 Å². The summed E-state index contributed by atoms with van der Waals surface area (Å²) in [6, 6.07) is 13.0. The van der Waals surface area contributed by atoms with E-state index >= 15 is 0 Å². The Morgan fingerprint density at radius 3 is 2.79 bits per heavy atom. The van der Waals surface area contributed by atoms with Crippen molar-refractivity contribution in [2.45, 2.75) is 13.0 Å². The molecule has 0 spiro atoms. The molecular weight excluding hydrogens is 302 g/mol. The second-order valence-corrected chi connectivity index (χ2v) is 6.02. The predicted molar refractivity (Wildman–Crippen MR) is 92.4 cm³/mol. The Kier molecular flexibility index (Phi) is 5.03. The standard InChI is InChI=1S/C19H21N3O2/c1-21-11-8-16(9-12-21)17-7-10-20-18(13-17)19(23)22(24)14-15-5-3-2-4-6-15/h2-8,10,13,24H,9,11-12,14H2,1H3. The van der Waals surface area contributed by atoms with Crippen LogP contribution in [-0.4, -0.2) is 46.2 Å². The average Bonchev–Trinajstić information content (AvgIpc) is 2.62. The van der Waals surface area contributed by atoms with E-state index in [9.17, 15) is 10.0 Å². The van der Waals surface area contributed by atoms with Crippen molar-refractivity contribution in [3.8, 4) is 0 Å². The fourth-order valence-corrected chi connectivity index (χ4v) is 2.74. The van der Waals surface area contributed by atoms with E-state index in [0.717, 1.165) is 30.6 Å². The quantitative estimate of drug-likeness (QED) is 0.694. The molecule has 5 nitrogen and oxygen atoms in total. The monoisotopic (exact) mass is 323 g/mol. The minimum atomic E-state index is -0.491. The first kappa shape index (κ1) is 16.4. The van der Waals surface area contributed by atoms with Gasteiger partial charge in [-0.1, -0.05) is 36.4 Å². The second-order valence-electron chi connectivity index (χ2n) is 6.02. The van der Waals surface area contributed by atoms with E-state index in [1.54, 1.807) is 12.3 Å². The largest absolute Gasteiger partial charge is 0.302 e. The van der Waals surface area contributed by atoms with Crippen molar-refractivity contribution in [2.24, 2.45) is 0 Å². The molecule has 1 N–H and O–H groups in total. The molecule has 0 aliphatic carbocycles. The molecule has 0 bridgehead atoms. The van der Waals surface area contributed by atoms with Gasteiger partial charge in [-0.3, -0.25) is 15.0 Å². The molecule has 3 rings (SSSR count). The smallest absolute Gasteiger partial charge is 0.296 e. The molecule has 0 unspecified atom stereocenters. The maximum atomic E-state index is 12.4. The Morgan fingerprint density at radius 1 is 1.29 bits per heavy atom. The lowest BCUT2D eigenvalue weighted by atomic mass is 10.00. The second kappa shape index (κ2) is 7.38. The lowest BCUT2D eigenvalue weighted by molar-refractivity contribution is -0.0652. The highest BCUT2D eigenvalue weighted by molar-refractivity contribution is 5.92. The van der Waals surface area contributed by atoms with E-state index in [-0.39, 0.29) is 12.2 Å². The summed E-state index contributed by atoms with van der Waals surface area (Å²) in [6.07, 6.45) is 4.74. The number of pyridine rings is 1. The van der Waals surface area contributed by atoms with E-state index in [0.29, 0.717) is 5.06 Å². The topological polar surface area (TPSA) is 56.7 Å². The zero-order chi connectivity index (χ0) is 16.9. The van der Waals surface area contributed by atoms with E-state index in [4.69, 9.17) is 0 Å². The van der Waals surface area contributed by atoms with E-state index in [1.165, 1.54) is 5.57 Å². The van der Waals surface area contributed by atoms with Crippen LogP contribution in [0, 0.1) is 0 Å². The third-order valence-corrected chi connectivity index (χ3v) is 4.17. The van der Waals surface area contributed by atoms with Gasteiger partial charge in [0.25, 0.3) is 5.91 Å². The van der Waals surface area contributed by atoms with E-state index in [2.05, 4.69) is 23.0 Å². The van der Waals surface area contributed by atoms with Gasteiger partial charge in [-0.05, 0) is 42.3 Å². The maximum absolute atomic E-state index is 12.4. The van der Waals surface area contributed by atoms with Crippen LogP contribution in [0.5, 0.6) is 0 Å². The van der Waals surface area contributed by atoms with Gasteiger partial charge in [0.15, 0.2) is 0 Å². The van der Waals surface area contributed by atoms with Crippen molar-refractivity contribution in [1.82, 2.24) is 14.9 Å². The number of aromatic nitrogens is 1. The van der Waals surface area contributed by atoms with Gasteiger partial charge in [-0.25, -0.2) is 5.06 Å². The SMILES string of the molecule is CN1CC=C(c2ccnc(C(=O)N(O)Cc3ccccc3)c2)CC1. The lowest BCUT2D eigenvalue weighted by Gasteiger charge is -2.22. The number of carbonyl (C=O) groups excluding carboxylic acids is 1. The van der Waals surface area contributed by atoms with Gasteiger partial charge in [-0.2, -0.15) is 0 Å². The van der Waals surface area contributed by atoms with Crippen LogP contribution in [0.1, 0.15) is 28.0 Å². The number of nitrogens with zero attached hydrogens (tertiary/aromatic N) is 3. The number of amides is 1. The molecule has 2 aromatic rings. The highest BCUT2D eigenvalue weighted by Crippen LogP contribution is 2.22. The molecule has 124 valence electrons. The van der Waals surface area contributed by atoms with Crippen LogP contribution in [-0.2, 0) is 6.54 Å².